The lowest BCUT2D eigenvalue weighted by atomic mass is 10.0. The van der Waals surface area contributed by atoms with Gasteiger partial charge >= 0.3 is 0 Å². The van der Waals surface area contributed by atoms with Crippen LogP contribution in [0.3, 0.4) is 0 Å². The first-order valence-electron chi connectivity index (χ1n) is 6.78. The Balaban J connectivity index is 1.96. The van der Waals surface area contributed by atoms with Crippen molar-refractivity contribution in [2.75, 3.05) is 16.4 Å². The van der Waals surface area contributed by atoms with Crippen LogP contribution in [0.4, 0.5) is 22.7 Å². The summed E-state index contributed by atoms with van der Waals surface area (Å²) in [6, 6.07) is 9.55. The normalized spacial score (nSPS) is 13.5. The van der Waals surface area contributed by atoms with Crippen molar-refractivity contribution >= 4 is 40.3 Å². The molecule has 108 valence electrons. The van der Waals surface area contributed by atoms with E-state index in [-0.39, 0.29) is 5.91 Å². The average Bonchev–Trinajstić information content (AvgIpc) is 2.44. The number of aryl methyl sites for hydroxylation is 2. The lowest BCUT2D eigenvalue weighted by Crippen LogP contribution is -2.19. The third-order valence-corrected chi connectivity index (χ3v) is 3.89. The van der Waals surface area contributed by atoms with Crippen LogP contribution < -0.4 is 16.4 Å². The van der Waals surface area contributed by atoms with Gasteiger partial charge in [-0.1, -0.05) is 17.7 Å². The highest BCUT2D eigenvalue weighted by atomic mass is 35.5. The third-order valence-electron chi connectivity index (χ3n) is 3.56. The first-order chi connectivity index (χ1) is 10.0. The number of nitrogen functional groups attached to an aromatic ring is 1. The van der Waals surface area contributed by atoms with Gasteiger partial charge in [0.1, 0.15) is 0 Å². The molecule has 0 radical (unpaired) electrons. The van der Waals surface area contributed by atoms with Gasteiger partial charge in [0.2, 0.25) is 5.91 Å². The Kier molecular flexibility index (Phi) is 3.47. The fourth-order valence-corrected chi connectivity index (χ4v) is 2.60. The van der Waals surface area contributed by atoms with Crippen LogP contribution in [-0.4, -0.2) is 5.91 Å². The summed E-state index contributed by atoms with van der Waals surface area (Å²) in [7, 11) is 0. The summed E-state index contributed by atoms with van der Waals surface area (Å²) in [6.07, 6.45) is 1.22. The van der Waals surface area contributed by atoms with E-state index in [9.17, 15) is 4.79 Å². The molecule has 1 heterocycles. The number of rotatable bonds is 2. The van der Waals surface area contributed by atoms with E-state index in [1.165, 1.54) is 0 Å². The number of halogens is 1. The summed E-state index contributed by atoms with van der Waals surface area (Å²) < 4.78 is 0. The van der Waals surface area contributed by atoms with Crippen molar-refractivity contribution < 1.29 is 4.79 Å². The Bertz CT molecular complexity index is 728. The Morgan fingerprint density at radius 3 is 2.81 bits per heavy atom. The molecule has 0 aliphatic carbocycles. The largest absolute Gasteiger partial charge is 0.397 e. The van der Waals surface area contributed by atoms with Crippen LogP contribution in [0, 0.1) is 6.92 Å². The number of carbonyl (C=O) groups is 1. The van der Waals surface area contributed by atoms with Crippen molar-refractivity contribution in [3.05, 3.63) is 46.5 Å². The summed E-state index contributed by atoms with van der Waals surface area (Å²) in [4.78, 5) is 11.4. The van der Waals surface area contributed by atoms with E-state index in [0.29, 0.717) is 17.1 Å². The molecular weight excluding hydrogens is 286 g/mol. The van der Waals surface area contributed by atoms with Gasteiger partial charge in [0.15, 0.2) is 0 Å². The second-order valence-electron chi connectivity index (χ2n) is 5.25. The van der Waals surface area contributed by atoms with Crippen LogP contribution in [0.25, 0.3) is 0 Å². The lowest BCUT2D eigenvalue weighted by Gasteiger charge is -2.20. The van der Waals surface area contributed by atoms with E-state index in [1.807, 2.05) is 31.2 Å². The zero-order valence-corrected chi connectivity index (χ0v) is 12.4. The molecule has 1 aliphatic heterocycles. The summed E-state index contributed by atoms with van der Waals surface area (Å²) in [5.74, 6) is 0.0318. The van der Waals surface area contributed by atoms with Crippen LogP contribution in [0.2, 0.25) is 5.02 Å². The number of anilines is 4. The zero-order valence-electron chi connectivity index (χ0n) is 11.7. The molecule has 4 nitrogen and oxygen atoms in total. The number of benzene rings is 2. The maximum Gasteiger partial charge on any atom is 0.224 e. The zero-order chi connectivity index (χ0) is 15.0. The number of nitrogens with one attached hydrogen (secondary N) is 2. The number of carbonyl (C=O) groups excluding carboxylic acids is 1. The van der Waals surface area contributed by atoms with E-state index in [0.717, 1.165) is 34.6 Å². The van der Waals surface area contributed by atoms with Crippen molar-refractivity contribution in [1.82, 2.24) is 0 Å². The molecule has 0 atom stereocenters. The highest BCUT2D eigenvalue weighted by Gasteiger charge is 2.17. The van der Waals surface area contributed by atoms with Crippen molar-refractivity contribution in [1.29, 1.82) is 0 Å². The fourth-order valence-electron chi connectivity index (χ4n) is 2.43. The Morgan fingerprint density at radius 1 is 1.19 bits per heavy atom. The molecule has 0 saturated carbocycles. The van der Waals surface area contributed by atoms with Crippen molar-refractivity contribution in [2.24, 2.45) is 0 Å². The van der Waals surface area contributed by atoms with Crippen LogP contribution in [0.5, 0.6) is 0 Å². The second kappa shape index (κ2) is 5.30. The van der Waals surface area contributed by atoms with Gasteiger partial charge in [-0.15, -0.1) is 0 Å². The molecule has 1 amide bonds. The number of hydrogen-bond donors (Lipinski definition) is 3. The summed E-state index contributed by atoms with van der Waals surface area (Å²) in [5.41, 5.74) is 11.3. The quantitative estimate of drug-likeness (QED) is 0.738. The standard InChI is InChI=1S/C16H16ClN3O/c1-9-2-4-11(17)14(6-9)19-15-7-10-3-5-16(21)20-13(10)8-12(15)18/h2,4,6-8,19H,3,5,18H2,1H3,(H,20,21). The van der Waals surface area contributed by atoms with E-state index in [1.54, 1.807) is 6.07 Å². The van der Waals surface area contributed by atoms with E-state index < -0.39 is 0 Å². The van der Waals surface area contributed by atoms with Gasteiger partial charge in [-0.3, -0.25) is 4.79 Å². The average molecular weight is 302 g/mol. The van der Waals surface area contributed by atoms with Gasteiger partial charge in [-0.05, 0) is 48.7 Å². The predicted octanol–water partition coefficient (Wildman–Crippen LogP) is 3.86. The summed E-state index contributed by atoms with van der Waals surface area (Å²) in [6.45, 7) is 2.01. The number of hydrogen-bond acceptors (Lipinski definition) is 3. The molecule has 1 aliphatic rings. The molecule has 2 aromatic carbocycles. The predicted molar refractivity (Wildman–Crippen MR) is 87.3 cm³/mol. The molecule has 0 aromatic heterocycles. The van der Waals surface area contributed by atoms with Gasteiger partial charge in [-0.25, -0.2) is 0 Å². The van der Waals surface area contributed by atoms with Crippen LogP contribution in [-0.2, 0) is 11.2 Å². The topological polar surface area (TPSA) is 67.2 Å². The molecule has 0 saturated heterocycles. The van der Waals surface area contributed by atoms with Crippen LogP contribution in [0.15, 0.2) is 30.3 Å². The van der Waals surface area contributed by atoms with E-state index in [4.69, 9.17) is 17.3 Å². The minimum atomic E-state index is 0.0318. The molecular formula is C16H16ClN3O. The second-order valence-corrected chi connectivity index (χ2v) is 5.66. The van der Waals surface area contributed by atoms with Crippen molar-refractivity contribution in [2.45, 2.75) is 19.8 Å². The summed E-state index contributed by atoms with van der Waals surface area (Å²) >= 11 is 6.20. The van der Waals surface area contributed by atoms with Crippen molar-refractivity contribution in [3.63, 3.8) is 0 Å². The SMILES string of the molecule is Cc1ccc(Cl)c(Nc2cc3c(cc2N)NC(=O)CC3)c1. The minimum Gasteiger partial charge on any atom is -0.397 e. The highest BCUT2D eigenvalue weighted by Crippen LogP contribution is 2.34. The Labute approximate surface area is 128 Å². The lowest BCUT2D eigenvalue weighted by molar-refractivity contribution is -0.116. The third kappa shape index (κ3) is 2.81. The fraction of sp³-hybridized carbons (Fsp3) is 0.188. The Morgan fingerprint density at radius 2 is 2.00 bits per heavy atom. The molecule has 0 bridgehead atoms. The van der Waals surface area contributed by atoms with E-state index >= 15 is 0 Å². The first kappa shape index (κ1) is 13.8. The molecule has 2 aromatic rings. The highest BCUT2D eigenvalue weighted by molar-refractivity contribution is 6.33. The molecule has 4 N–H and O–H groups in total. The van der Waals surface area contributed by atoms with Crippen LogP contribution in [0.1, 0.15) is 17.5 Å². The molecule has 5 heteroatoms. The molecule has 21 heavy (non-hydrogen) atoms. The van der Waals surface area contributed by atoms with Crippen molar-refractivity contribution in [3.8, 4) is 0 Å². The first-order valence-corrected chi connectivity index (χ1v) is 7.16. The molecule has 0 unspecified atom stereocenters. The maximum atomic E-state index is 11.4. The van der Waals surface area contributed by atoms with E-state index in [2.05, 4.69) is 10.6 Å². The molecule has 0 fully saturated rings. The van der Waals surface area contributed by atoms with Crippen LogP contribution >= 0.6 is 11.6 Å². The van der Waals surface area contributed by atoms with Gasteiger partial charge in [-0.2, -0.15) is 0 Å². The maximum absolute atomic E-state index is 11.4. The summed E-state index contributed by atoms with van der Waals surface area (Å²) in [5, 5.41) is 6.76. The number of amides is 1. The minimum absolute atomic E-state index is 0.0318. The van der Waals surface area contributed by atoms with Gasteiger partial charge in [0.05, 0.1) is 22.1 Å². The number of nitrogens with two attached hydrogens (primary N) is 1. The molecule has 3 rings (SSSR count). The van der Waals surface area contributed by atoms with Gasteiger partial charge < -0.3 is 16.4 Å². The van der Waals surface area contributed by atoms with Gasteiger partial charge in [0, 0.05) is 12.1 Å². The monoisotopic (exact) mass is 301 g/mol. The van der Waals surface area contributed by atoms with Gasteiger partial charge in [0.25, 0.3) is 0 Å². The number of fused-ring (bicyclic) bond motifs is 1. The molecule has 0 spiro atoms. The smallest absolute Gasteiger partial charge is 0.224 e. The Hall–Kier alpha value is -2.20.